The van der Waals surface area contributed by atoms with Gasteiger partial charge in [0, 0.05) is 18.1 Å². The van der Waals surface area contributed by atoms with E-state index in [0.717, 1.165) is 4.31 Å². The van der Waals surface area contributed by atoms with Crippen LogP contribution in [-0.2, 0) is 10.0 Å². The SMILES string of the molecule is O=C1NCCN1S(=O)(=O)c1c(Cl)nc2sccn12. The summed E-state index contributed by atoms with van der Waals surface area (Å²) < 4.78 is 26.9. The molecule has 7 nitrogen and oxygen atoms in total. The second-order valence-corrected chi connectivity index (χ2v) is 6.58. The fourth-order valence-corrected chi connectivity index (χ4v) is 4.52. The topological polar surface area (TPSA) is 83.8 Å². The number of nitrogens with zero attached hydrogens (tertiary/aromatic N) is 3. The molecule has 1 fully saturated rings. The van der Waals surface area contributed by atoms with Crippen molar-refractivity contribution in [1.82, 2.24) is 19.0 Å². The Kier molecular flexibility index (Phi) is 2.50. The number of aromatic nitrogens is 2. The molecule has 1 N–H and O–H groups in total. The lowest BCUT2D eigenvalue weighted by atomic mass is 10.7. The normalized spacial score (nSPS) is 16.5. The van der Waals surface area contributed by atoms with Crippen LogP contribution in [0, 0.1) is 0 Å². The first-order valence-electron chi connectivity index (χ1n) is 4.93. The number of urea groups is 1. The molecular formula is C8H7ClN4O3S2. The van der Waals surface area contributed by atoms with E-state index in [-0.39, 0.29) is 16.7 Å². The zero-order chi connectivity index (χ0) is 12.9. The summed E-state index contributed by atoms with van der Waals surface area (Å²) in [5, 5.41) is 3.84. The Morgan fingerprint density at radius 3 is 2.94 bits per heavy atom. The lowest BCUT2D eigenvalue weighted by Crippen LogP contribution is -2.35. The second kappa shape index (κ2) is 3.84. The Bertz CT molecular complexity index is 735. The van der Waals surface area contributed by atoms with Gasteiger partial charge in [0.2, 0.25) is 0 Å². The Labute approximate surface area is 111 Å². The van der Waals surface area contributed by atoms with Crippen LogP contribution in [0.4, 0.5) is 4.79 Å². The predicted octanol–water partition coefficient (Wildman–Crippen LogP) is 0.763. The first-order chi connectivity index (χ1) is 8.51. The number of imidazole rings is 1. The van der Waals surface area contributed by atoms with Crippen molar-refractivity contribution in [2.45, 2.75) is 5.03 Å². The second-order valence-electron chi connectivity index (χ2n) is 3.57. The van der Waals surface area contributed by atoms with Crippen LogP contribution in [0.15, 0.2) is 16.6 Å². The maximum Gasteiger partial charge on any atom is 0.331 e. The molecule has 1 aliphatic heterocycles. The highest BCUT2D eigenvalue weighted by atomic mass is 35.5. The Balaban J connectivity index is 2.21. The molecule has 0 aliphatic carbocycles. The van der Waals surface area contributed by atoms with Crippen molar-refractivity contribution in [2.75, 3.05) is 13.1 Å². The molecule has 3 heterocycles. The van der Waals surface area contributed by atoms with E-state index < -0.39 is 16.1 Å². The van der Waals surface area contributed by atoms with Crippen molar-refractivity contribution in [3.05, 3.63) is 16.7 Å². The number of carbonyl (C=O) groups is 1. The number of nitrogens with one attached hydrogen (secondary N) is 1. The van der Waals surface area contributed by atoms with Crippen LogP contribution >= 0.6 is 22.9 Å². The molecule has 1 saturated heterocycles. The maximum absolute atomic E-state index is 12.4. The van der Waals surface area contributed by atoms with Crippen molar-refractivity contribution in [3.63, 3.8) is 0 Å². The number of hydrogen-bond donors (Lipinski definition) is 1. The van der Waals surface area contributed by atoms with Gasteiger partial charge in [-0.3, -0.25) is 4.40 Å². The van der Waals surface area contributed by atoms with E-state index in [2.05, 4.69) is 10.3 Å². The molecule has 2 amide bonds. The Morgan fingerprint density at radius 1 is 1.50 bits per heavy atom. The maximum atomic E-state index is 12.4. The molecule has 3 rings (SSSR count). The van der Waals surface area contributed by atoms with Crippen molar-refractivity contribution in [2.24, 2.45) is 0 Å². The van der Waals surface area contributed by atoms with Gasteiger partial charge in [-0.2, -0.15) is 8.42 Å². The first kappa shape index (κ1) is 11.8. The predicted molar refractivity (Wildman–Crippen MR) is 65.4 cm³/mol. The van der Waals surface area contributed by atoms with Gasteiger partial charge in [0.05, 0.1) is 6.54 Å². The van der Waals surface area contributed by atoms with Crippen LogP contribution in [0.25, 0.3) is 4.96 Å². The number of thiazole rings is 1. The standard InChI is InChI=1S/C8H7ClN4O3S2/c9-5-6(12-3-4-17-8(12)11-5)18(15,16)13-2-1-10-7(13)14/h3-4H,1-2H2,(H,10,14). The number of halogens is 1. The third-order valence-electron chi connectivity index (χ3n) is 2.53. The number of sulfonamides is 1. The van der Waals surface area contributed by atoms with Gasteiger partial charge in [-0.15, -0.1) is 11.3 Å². The lowest BCUT2D eigenvalue weighted by molar-refractivity contribution is 0.235. The van der Waals surface area contributed by atoms with Gasteiger partial charge < -0.3 is 5.32 Å². The third kappa shape index (κ3) is 1.51. The van der Waals surface area contributed by atoms with Gasteiger partial charge >= 0.3 is 6.03 Å². The quantitative estimate of drug-likeness (QED) is 0.888. The monoisotopic (exact) mass is 306 g/mol. The van der Waals surface area contributed by atoms with Gasteiger partial charge in [0.25, 0.3) is 10.0 Å². The molecule has 2 aromatic rings. The Hall–Kier alpha value is -1.32. The molecule has 0 aromatic carbocycles. The molecule has 0 atom stereocenters. The molecule has 0 unspecified atom stereocenters. The number of rotatable bonds is 2. The van der Waals surface area contributed by atoms with Crippen LogP contribution in [0.3, 0.4) is 0 Å². The summed E-state index contributed by atoms with van der Waals surface area (Å²) in [6.45, 7) is 0.385. The first-order valence-corrected chi connectivity index (χ1v) is 7.63. The summed E-state index contributed by atoms with van der Waals surface area (Å²) in [5.74, 6) is 0. The Morgan fingerprint density at radius 2 is 2.28 bits per heavy atom. The average Bonchev–Trinajstić information content (AvgIpc) is 2.92. The van der Waals surface area contributed by atoms with Gasteiger partial charge in [-0.25, -0.2) is 14.1 Å². The van der Waals surface area contributed by atoms with Crippen LogP contribution in [0.5, 0.6) is 0 Å². The van der Waals surface area contributed by atoms with E-state index in [4.69, 9.17) is 11.6 Å². The minimum Gasteiger partial charge on any atom is -0.335 e. The molecule has 0 radical (unpaired) electrons. The van der Waals surface area contributed by atoms with Crippen LogP contribution in [-0.4, -0.2) is 41.2 Å². The summed E-state index contributed by atoms with van der Waals surface area (Å²) in [5.41, 5.74) is 0. The molecule has 0 bridgehead atoms. The van der Waals surface area contributed by atoms with E-state index in [1.165, 1.54) is 15.7 Å². The van der Waals surface area contributed by atoms with Gasteiger partial charge in [0.1, 0.15) is 0 Å². The third-order valence-corrected chi connectivity index (χ3v) is 5.47. The zero-order valence-electron chi connectivity index (χ0n) is 8.83. The fourth-order valence-electron chi connectivity index (χ4n) is 1.76. The molecule has 0 saturated carbocycles. The highest BCUT2D eigenvalue weighted by Gasteiger charge is 2.37. The smallest absolute Gasteiger partial charge is 0.331 e. The van der Waals surface area contributed by atoms with Gasteiger partial charge in [-0.1, -0.05) is 11.6 Å². The van der Waals surface area contributed by atoms with Crippen molar-refractivity contribution < 1.29 is 13.2 Å². The lowest BCUT2D eigenvalue weighted by Gasteiger charge is -2.13. The molecule has 18 heavy (non-hydrogen) atoms. The van der Waals surface area contributed by atoms with Gasteiger partial charge in [0.15, 0.2) is 15.1 Å². The van der Waals surface area contributed by atoms with Crippen molar-refractivity contribution in [3.8, 4) is 0 Å². The van der Waals surface area contributed by atoms with Crippen LogP contribution < -0.4 is 5.32 Å². The van der Waals surface area contributed by atoms with E-state index in [9.17, 15) is 13.2 Å². The number of amides is 2. The van der Waals surface area contributed by atoms with Crippen molar-refractivity contribution >= 4 is 44.0 Å². The van der Waals surface area contributed by atoms with E-state index in [1.54, 1.807) is 11.6 Å². The summed E-state index contributed by atoms with van der Waals surface area (Å²) in [4.78, 5) is 15.9. The molecular weight excluding hydrogens is 300 g/mol. The average molecular weight is 307 g/mol. The summed E-state index contributed by atoms with van der Waals surface area (Å²) in [6.07, 6.45) is 1.56. The van der Waals surface area contributed by atoms with E-state index >= 15 is 0 Å². The molecule has 2 aromatic heterocycles. The van der Waals surface area contributed by atoms with Gasteiger partial charge in [-0.05, 0) is 0 Å². The molecule has 1 aliphatic rings. The molecule has 10 heteroatoms. The summed E-state index contributed by atoms with van der Waals surface area (Å²) >= 11 is 7.12. The summed E-state index contributed by atoms with van der Waals surface area (Å²) in [7, 11) is -3.98. The highest BCUT2D eigenvalue weighted by molar-refractivity contribution is 7.89. The highest BCUT2D eigenvalue weighted by Crippen LogP contribution is 2.28. The van der Waals surface area contributed by atoms with E-state index in [0.29, 0.717) is 11.5 Å². The number of hydrogen-bond acceptors (Lipinski definition) is 5. The molecule has 0 spiro atoms. The minimum atomic E-state index is -3.98. The minimum absolute atomic E-state index is 0.0921. The summed E-state index contributed by atoms with van der Waals surface area (Å²) in [6, 6.07) is -0.642. The zero-order valence-corrected chi connectivity index (χ0v) is 11.2. The van der Waals surface area contributed by atoms with E-state index in [1.807, 2.05) is 0 Å². The van der Waals surface area contributed by atoms with Crippen LogP contribution in [0.1, 0.15) is 0 Å². The number of fused-ring (bicyclic) bond motifs is 1. The number of carbonyl (C=O) groups excluding carboxylic acids is 1. The fraction of sp³-hybridized carbons (Fsp3) is 0.250. The van der Waals surface area contributed by atoms with Crippen molar-refractivity contribution in [1.29, 1.82) is 0 Å². The van der Waals surface area contributed by atoms with Crippen LogP contribution in [0.2, 0.25) is 5.15 Å². The molecule has 96 valence electrons. The largest absolute Gasteiger partial charge is 0.335 e.